The summed E-state index contributed by atoms with van der Waals surface area (Å²) in [5.74, 6) is 0. The smallest absolute Gasteiger partial charge is 0.324 e. The van der Waals surface area contributed by atoms with Crippen LogP contribution >= 0.6 is 15.2 Å². The minimum Gasteiger partial charge on any atom is -0.324 e. The lowest BCUT2D eigenvalue weighted by Gasteiger charge is -2.19. The van der Waals surface area contributed by atoms with E-state index in [1.54, 1.807) is 0 Å². The van der Waals surface area contributed by atoms with E-state index in [0.29, 0.717) is 0 Å². The van der Waals surface area contributed by atoms with Gasteiger partial charge >= 0.3 is 15.2 Å². The van der Waals surface area contributed by atoms with Gasteiger partial charge in [0.15, 0.2) is 5.40 Å². The molecule has 1 aromatic rings. The zero-order chi connectivity index (χ0) is 11.7. The van der Waals surface area contributed by atoms with Crippen LogP contribution in [0.5, 0.6) is 0 Å². The maximum absolute atomic E-state index is 10.9. The first-order chi connectivity index (χ1) is 6.71. The molecule has 1 aromatic heterocycles. The highest BCUT2D eigenvalue weighted by atomic mass is 31.2. The van der Waals surface area contributed by atoms with Crippen molar-refractivity contribution in [1.82, 2.24) is 9.78 Å². The van der Waals surface area contributed by atoms with E-state index in [-0.39, 0.29) is 0 Å². The topological polar surface area (TPSA) is 133 Å². The van der Waals surface area contributed by atoms with E-state index in [9.17, 15) is 9.13 Å². The monoisotopic (exact) mass is 256 g/mol. The molecule has 0 aliphatic heterocycles. The van der Waals surface area contributed by atoms with Crippen molar-refractivity contribution in [2.24, 2.45) is 0 Å². The molecule has 15 heavy (non-hydrogen) atoms. The second-order valence-electron chi connectivity index (χ2n) is 2.89. The third-order valence-corrected chi connectivity index (χ3v) is 5.37. The molecule has 0 aliphatic carbocycles. The number of aromatic nitrogens is 2. The molecule has 86 valence electrons. The minimum absolute atomic E-state index is 0.526. The normalized spacial score (nSPS) is 13.4. The Balaban J connectivity index is 2.95. The van der Waals surface area contributed by atoms with E-state index in [4.69, 9.17) is 19.6 Å². The van der Waals surface area contributed by atoms with Crippen LogP contribution in [0.3, 0.4) is 0 Å². The third kappa shape index (κ3) is 3.53. The fourth-order valence-corrected chi connectivity index (χ4v) is 3.31. The molecule has 0 radical (unpaired) electrons. The van der Waals surface area contributed by atoms with E-state index in [1.807, 2.05) is 0 Å². The second-order valence-corrected chi connectivity index (χ2v) is 6.90. The van der Waals surface area contributed by atoms with Crippen LogP contribution in [0, 0.1) is 0 Å². The Morgan fingerprint density at radius 1 is 1.20 bits per heavy atom. The third-order valence-electron chi connectivity index (χ3n) is 1.69. The second kappa shape index (κ2) is 4.17. The summed E-state index contributed by atoms with van der Waals surface area (Å²) in [4.78, 5) is 35.2. The summed E-state index contributed by atoms with van der Waals surface area (Å²) in [5.41, 5.74) is 0. The molecular weight excluding hydrogens is 246 g/mol. The van der Waals surface area contributed by atoms with Crippen LogP contribution < -0.4 is 0 Å². The number of hydrogen-bond acceptors (Lipinski definition) is 3. The molecule has 8 nitrogen and oxygen atoms in total. The molecule has 0 spiro atoms. The van der Waals surface area contributed by atoms with Gasteiger partial charge in [-0.2, -0.15) is 5.10 Å². The van der Waals surface area contributed by atoms with Gasteiger partial charge in [0.25, 0.3) is 0 Å². The fourth-order valence-electron chi connectivity index (χ4n) is 0.984. The van der Waals surface area contributed by atoms with Crippen molar-refractivity contribution in [2.45, 2.75) is 11.9 Å². The Kier molecular flexibility index (Phi) is 3.50. The van der Waals surface area contributed by atoms with Crippen LogP contribution in [0.1, 0.15) is 0 Å². The minimum atomic E-state index is -4.86. The van der Waals surface area contributed by atoms with Crippen molar-refractivity contribution in [3.8, 4) is 0 Å². The quantitative estimate of drug-likeness (QED) is 0.537. The molecule has 0 fully saturated rings. The molecule has 0 amide bonds. The van der Waals surface area contributed by atoms with Gasteiger partial charge in [-0.05, 0) is 6.07 Å². The van der Waals surface area contributed by atoms with Crippen molar-refractivity contribution >= 4 is 15.2 Å². The number of nitrogens with zero attached hydrogens (tertiary/aromatic N) is 2. The average Bonchev–Trinajstić information content (AvgIpc) is 2.46. The van der Waals surface area contributed by atoms with Crippen LogP contribution in [0.25, 0.3) is 0 Å². The molecule has 0 aliphatic rings. The molecule has 1 heterocycles. The molecule has 0 atom stereocenters. The highest BCUT2D eigenvalue weighted by Gasteiger charge is 2.43. The summed E-state index contributed by atoms with van der Waals surface area (Å²) >= 11 is 0. The fraction of sp³-hybridized carbons (Fsp3) is 0.400. The maximum Gasteiger partial charge on any atom is 0.342 e. The van der Waals surface area contributed by atoms with Gasteiger partial charge in [-0.3, -0.25) is 13.8 Å². The summed E-state index contributed by atoms with van der Waals surface area (Å²) in [5, 5.41) is 1.56. The van der Waals surface area contributed by atoms with Gasteiger partial charge in [0, 0.05) is 12.4 Å². The highest BCUT2D eigenvalue weighted by Crippen LogP contribution is 2.60. The molecule has 0 saturated carbocycles. The first-order valence-corrected chi connectivity index (χ1v) is 7.15. The van der Waals surface area contributed by atoms with Gasteiger partial charge in [0.05, 0.1) is 6.54 Å². The van der Waals surface area contributed by atoms with E-state index < -0.39 is 27.1 Å². The van der Waals surface area contributed by atoms with Crippen molar-refractivity contribution in [1.29, 1.82) is 0 Å². The van der Waals surface area contributed by atoms with Crippen molar-refractivity contribution in [3.05, 3.63) is 18.5 Å². The average molecular weight is 256 g/mol. The Bertz CT molecular complexity index is 383. The van der Waals surface area contributed by atoms with E-state index in [0.717, 1.165) is 4.68 Å². The van der Waals surface area contributed by atoms with Crippen molar-refractivity contribution in [2.75, 3.05) is 0 Å². The molecule has 4 N–H and O–H groups in total. The Morgan fingerprint density at radius 2 is 1.73 bits per heavy atom. The van der Waals surface area contributed by atoms with Crippen LogP contribution in [0.2, 0.25) is 0 Å². The molecule has 0 bridgehead atoms. The van der Waals surface area contributed by atoms with Gasteiger partial charge in [-0.25, -0.2) is 0 Å². The molecule has 0 unspecified atom stereocenters. The van der Waals surface area contributed by atoms with Gasteiger partial charge in [-0.15, -0.1) is 0 Å². The Labute approximate surface area is 84.9 Å². The van der Waals surface area contributed by atoms with Crippen molar-refractivity contribution < 1.29 is 28.7 Å². The number of rotatable bonds is 4. The van der Waals surface area contributed by atoms with Crippen LogP contribution in [0.15, 0.2) is 18.5 Å². The maximum atomic E-state index is 10.9. The summed E-state index contributed by atoms with van der Waals surface area (Å²) in [6.07, 6.45) is 2.70. The van der Waals surface area contributed by atoms with Gasteiger partial charge < -0.3 is 19.6 Å². The number of hydrogen-bond donors (Lipinski definition) is 4. The predicted octanol–water partition coefficient (Wildman–Crippen LogP) is -0.435. The lowest BCUT2D eigenvalue weighted by Crippen LogP contribution is -2.17. The van der Waals surface area contributed by atoms with E-state index in [1.165, 1.54) is 18.5 Å². The summed E-state index contributed by atoms with van der Waals surface area (Å²) < 4.78 is 22.8. The van der Waals surface area contributed by atoms with Gasteiger partial charge in [0.1, 0.15) is 0 Å². The Morgan fingerprint density at radius 3 is 2.07 bits per heavy atom. The predicted molar refractivity (Wildman–Crippen MR) is 50.1 cm³/mol. The standard InChI is InChI=1S/C5H10N2O6P2/c8-14(9,10)5(15(11,12)13)4-7-3-1-2-6-7/h1-3,5H,4H2,(H2,8,9,10)(H2,11,12,13). The highest BCUT2D eigenvalue weighted by molar-refractivity contribution is 7.70. The zero-order valence-corrected chi connectivity index (χ0v) is 9.20. The summed E-state index contributed by atoms with van der Waals surface area (Å²) in [6, 6.07) is 1.48. The lowest BCUT2D eigenvalue weighted by molar-refractivity contribution is 0.329. The van der Waals surface area contributed by atoms with E-state index >= 15 is 0 Å². The first kappa shape index (κ1) is 12.6. The lowest BCUT2D eigenvalue weighted by atomic mass is 10.7. The SMILES string of the molecule is O=P(O)(O)C(Cn1cccn1)P(=O)(O)O. The Hall–Kier alpha value is -0.490. The first-order valence-electron chi connectivity index (χ1n) is 3.79. The van der Waals surface area contributed by atoms with E-state index in [2.05, 4.69) is 5.10 Å². The molecule has 0 aromatic carbocycles. The molecule has 10 heteroatoms. The molecular formula is C5H10N2O6P2. The van der Waals surface area contributed by atoms with Crippen LogP contribution in [-0.4, -0.2) is 34.8 Å². The zero-order valence-electron chi connectivity index (χ0n) is 7.41. The molecule has 1 rings (SSSR count). The summed E-state index contributed by atoms with van der Waals surface area (Å²) in [6.45, 7) is -0.526. The van der Waals surface area contributed by atoms with Gasteiger partial charge in [-0.1, -0.05) is 0 Å². The van der Waals surface area contributed by atoms with Crippen LogP contribution in [0.4, 0.5) is 0 Å². The van der Waals surface area contributed by atoms with Crippen LogP contribution in [-0.2, 0) is 15.7 Å². The largest absolute Gasteiger partial charge is 0.342 e. The molecule has 0 saturated heterocycles. The summed E-state index contributed by atoms with van der Waals surface area (Å²) in [7, 11) is -9.72. The van der Waals surface area contributed by atoms with Crippen molar-refractivity contribution in [3.63, 3.8) is 0 Å². The van der Waals surface area contributed by atoms with Gasteiger partial charge in [0.2, 0.25) is 0 Å².